The molecule has 2 aromatic carbocycles. The zero-order chi connectivity index (χ0) is 15.4. The van der Waals surface area contributed by atoms with Crippen LogP contribution in [0.25, 0.3) is 0 Å². The van der Waals surface area contributed by atoms with Crippen LogP contribution in [0.4, 0.5) is 11.4 Å². The minimum atomic E-state index is 0.354. The van der Waals surface area contributed by atoms with E-state index in [0.717, 1.165) is 27.6 Å². The number of halogens is 2. The monoisotopic (exact) mass is 356 g/mol. The Morgan fingerprint density at radius 1 is 1.19 bits per heavy atom. The van der Waals surface area contributed by atoms with Crippen LogP contribution in [0.3, 0.4) is 0 Å². The number of benzene rings is 2. The number of nitrogens with two attached hydrogens (primary N) is 1. The highest BCUT2D eigenvalue weighted by atomic mass is 35.5. The zero-order valence-electron chi connectivity index (χ0n) is 11.3. The molecule has 0 unspecified atom stereocenters. The number of nitrogens with one attached hydrogen (secondary N) is 1. The molecule has 0 spiro atoms. The van der Waals surface area contributed by atoms with Crippen LogP contribution in [0.1, 0.15) is 12.5 Å². The molecular weight excluding hydrogens is 343 g/mol. The molecule has 0 saturated carbocycles. The summed E-state index contributed by atoms with van der Waals surface area (Å²) in [6.45, 7) is 2.09. The largest absolute Gasteiger partial charge is 0.389 e. The topological polar surface area (TPSA) is 38.0 Å². The van der Waals surface area contributed by atoms with Crippen molar-refractivity contribution in [2.45, 2.75) is 11.8 Å². The molecule has 3 N–H and O–H groups in total. The highest BCUT2D eigenvalue weighted by molar-refractivity contribution is 7.99. The highest BCUT2D eigenvalue weighted by Gasteiger charge is 2.13. The summed E-state index contributed by atoms with van der Waals surface area (Å²) in [6, 6.07) is 11.3. The summed E-state index contributed by atoms with van der Waals surface area (Å²) in [7, 11) is 0. The predicted octanol–water partition coefficient (Wildman–Crippen LogP) is 5.48. The first-order valence-electron chi connectivity index (χ1n) is 6.31. The van der Waals surface area contributed by atoms with Crippen molar-refractivity contribution in [1.82, 2.24) is 0 Å². The number of rotatable bonds is 5. The molecule has 0 aliphatic rings. The van der Waals surface area contributed by atoms with E-state index < -0.39 is 0 Å². The third-order valence-electron chi connectivity index (χ3n) is 2.79. The van der Waals surface area contributed by atoms with Crippen LogP contribution in [0.5, 0.6) is 0 Å². The number of thiocarbonyl (C=S) groups is 1. The minimum Gasteiger partial charge on any atom is -0.389 e. The zero-order valence-corrected chi connectivity index (χ0v) is 14.5. The molecule has 2 rings (SSSR count). The van der Waals surface area contributed by atoms with Gasteiger partial charge in [-0.05, 0) is 30.0 Å². The fourth-order valence-corrected chi connectivity index (χ4v) is 3.39. The van der Waals surface area contributed by atoms with E-state index in [1.807, 2.05) is 30.3 Å². The van der Waals surface area contributed by atoms with E-state index >= 15 is 0 Å². The molecule has 21 heavy (non-hydrogen) atoms. The highest BCUT2D eigenvalue weighted by Crippen LogP contribution is 2.35. The van der Waals surface area contributed by atoms with Crippen molar-refractivity contribution < 1.29 is 0 Å². The maximum atomic E-state index is 6.21. The molecule has 2 aromatic rings. The van der Waals surface area contributed by atoms with Gasteiger partial charge in [0, 0.05) is 16.1 Å². The summed E-state index contributed by atoms with van der Waals surface area (Å²) in [5.41, 5.74) is 8.26. The molecule has 0 aliphatic carbocycles. The molecule has 0 atom stereocenters. The maximum Gasteiger partial charge on any atom is 0.107 e. The van der Waals surface area contributed by atoms with Gasteiger partial charge >= 0.3 is 0 Å². The van der Waals surface area contributed by atoms with Crippen LogP contribution in [0.15, 0.2) is 41.3 Å². The Morgan fingerprint density at radius 2 is 1.86 bits per heavy atom. The predicted molar refractivity (Wildman–Crippen MR) is 98.5 cm³/mol. The van der Waals surface area contributed by atoms with Gasteiger partial charge in [0.1, 0.15) is 4.99 Å². The van der Waals surface area contributed by atoms with E-state index in [-0.39, 0.29) is 0 Å². The fraction of sp³-hybridized carbons (Fsp3) is 0.133. The molecule has 6 heteroatoms. The van der Waals surface area contributed by atoms with Gasteiger partial charge in [0.25, 0.3) is 0 Å². The van der Waals surface area contributed by atoms with E-state index in [0.29, 0.717) is 15.0 Å². The molecule has 0 saturated heterocycles. The van der Waals surface area contributed by atoms with Crippen LogP contribution in [-0.4, -0.2) is 10.7 Å². The molecule has 0 aliphatic heterocycles. The standard InChI is InChI=1S/C15H14Cl2N2S2/c1-2-21-12-8-4-6-10(13(12)15(18)20)19-11-7-3-5-9(16)14(11)17/h3-8,19H,2H2,1H3,(H2,18,20). The molecule has 0 radical (unpaired) electrons. The summed E-state index contributed by atoms with van der Waals surface area (Å²) < 4.78 is 0. The summed E-state index contributed by atoms with van der Waals surface area (Å²) in [4.78, 5) is 1.40. The van der Waals surface area contributed by atoms with Gasteiger partial charge in [-0.15, -0.1) is 11.8 Å². The summed E-state index contributed by atoms with van der Waals surface area (Å²) >= 11 is 19.1. The van der Waals surface area contributed by atoms with E-state index in [1.165, 1.54) is 0 Å². The molecule has 2 nitrogen and oxygen atoms in total. The van der Waals surface area contributed by atoms with Crippen molar-refractivity contribution in [3.05, 3.63) is 52.0 Å². The van der Waals surface area contributed by atoms with Crippen LogP contribution < -0.4 is 11.1 Å². The van der Waals surface area contributed by atoms with Crippen molar-refractivity contribution >= 4 is 63.5 Å². The number of hydrogen-bond donors (Lipinski definition) is 2. The lowest BCUT2D eigenvalue weighted by Gasteiger charge is -2.16. The fourth-order valence-electron chi connectivity index (χ4n) is 1.91. The van der Waals surface area contributed by atoms with Crippen molar-refractivity contribution in [3.63, 3.8) is 0 Å². The van der Waals surface area contributed by atoms with Crippen molar-refractivity contribution in [3.8, 4) is 0 Å². The Hall–Kier alpha value is -0.940. The second-order valence-corrected chi connectivity index (χ2v) is 6.73. The molecule has 110 valence electrons. The molecule has 0 fully saturated rings. The van der Waals surface area contributed by atoms with Crippen LogP contribution in [-0.2, 0) is 0 Å². The van der Waals surface area contributed by atoms with Gasteiger partial charge in [0.05, 0.1) is 15.7 Å². The van der Waals surface area contributed by atoms with Gasteiger partial charge in [-0.1, -0.05) is 54.5 Å². The number of anilines is 2. The van der Waals surface area contributed by atoms with Gasteiger partial charge in [-0.3, -0.25) is 0 Å². The Labute approximate surface area is 144 Å². The average molecular weight is 357 g/mol. The third-order valence-corrected chi connectivity index (χ3v) is 4.76. The lowest BCUT2D eigenvalue weighted by molar-refractivity contribution is 1.38. The lowest BCUT2D eigenvalue weighted by atomic mass is 10.1. The molecule has 0 amide bonds. The summed E-state index contributed by atoms with van der Waals surface area (Å²) in [5, 5.41) is 4.24. The molecule has 0 heterocycles. The Kier molecular flexibility index (Phi) is 5.76. The van der Waals surface area contributed by atoms with E-state index in [4.69, 9.17) is 41.2 Å². The lowest BCUT2D eigenvalue weighted by Crippen LogP contribution is -2.13. The van der Waals surface area contributed by atoms with Gasteiger partial charge in [-0.2, -0.15) is 0 Å². The van der Waals surface area contributed by atoms with Gasteiger partial charge in [0.15, 0.2) is 0 Å². The smallest absolute Gasteiger partial charge is 0.107 e. The van der Waals surface area contributed by atoms with Gasteiger partial charge < -0.3 is 11.1 Å². The second-order valence-electron chi connectivity index (χ2n) is 4.20. The first kappa shape index (κ1) is 16.4. The average Bonchev–Trinajstić information content (AvgIpc) is 2.44. The van der Waals surface area contributed by atoms with Crippen LogP contribution >= 0.6 is 47.2 Å². The first-order valence-corrected chi connectivity index (χ1v) is 8.46. The molecular formula is C15H14Cl2N2S2. The summed E-state index contributed by atoms with van der Waals surface area (Å²) in [5.74, 6) is 0.941. The Morgan fingerprint density at radius 3 is 2.52 bits per heavy atom. The van der Waals surface area contributed by atoms with E-state index in [1.54, 1.807) is 17.8 Å². The number of thioether (sulfide) groups is 1. The Balaban J connectivity index is 2.46. The van der Waals surface area contributed by atoms with Crippen LogP contribution in [0, 0.1) is 0 Å². The SMILES string of the molecule is CCSc1cccc(Nc2cccc(Cl)c2Cl)c1C(N)=S. The van der Waals surface area contributed by atoms with Crippen molar-refractivity contribution in [1.29, 1.82) is 0 Å². The van der Waals surface area contributed by atoms with Crippen molar-refractivity contribution in [2.24, 2.45) is 5.73 Å². The third kappa shape index (κ3) is 3.83. The molecule has 0 aromatic heterocycles. The Bertz CT molecular complexity index is 675. The van der Waals surface area contributed by atoms with Gasteiger partial charge in [0.2, 0.25) is 0 Å². The maximum absolute atomic E-state index is 6.21. The molecule has 0 bridgehead atoms. The van der Waals surface area contributed by atoms with Crippen molar-refractivity contribution in [2.75, 3.05) is 11.1 Å². The summed E-state index contributed by atoms with van der Waals surface area (Å²) in [6.07, 6.45) is 0. The van der Waals surface area contributed by atoms with Crippen LogP contribution in [0.2, 0.25) is 10.0 Å². The normalized spacial score (nSPS) is 10.4. The van der Waals surface area contributed by atoms with E-state index in [2.05, 4.69) is 12.2 Å². The quantitative estimate of drug-likeness (QED) is 0.549. The number of hydrogen-bond acceptors (Lipinski definition) is 3. The van der Waals surface area contributed by atoms with E-state index in [9.17, 15) is 0 Å². The van der Waals surface area contributed by atoms with Gasteiger partial charge in [-0.25, -0.2) is 0 Å². The minimum absolute atomic E-state index is 0.354. The first-order chi connectivity index (χ1) is 10.0. The second kappa shape index (κ2) is 7.36.